The first-order valence-corrected chi connectivity index (χ1v) is 7.69. The zero-order valence-electron chi connectivity index (χ0n) is 13.3. The van der Waals surface area contributed by atoms with E-state index in [1.807, 2.05) is 30.3 Å². The average molecular weight is 334 g/mol. The Morgan fingerprint density at radius 1 is 1.08 bits per heavy atom. The van der Waals surface area contributed by atoms with E-state index in [-0.39, 0.29) is 18.0 Å². The lowest BCUT2D eigenvalue weighted by molar-refractivity contribution is -0.654. The summed E-state index contributed by atoms with van der Waals surface area (Å²) < 4.78 is -0.591. The Hall–Kier alpha value is -3.38. The molecule has 0 saturated heterocycles. The fraction of sp³-hybridized carbons (Fsp3) is 0.0526. The third kappa shape index (κ3) is 3.59. The molecule has 1 N–H and O–H groups in total. The first kappa shape index (κ1) is 16.5. The first-order chi connectivity index (χ1) is 12.1. The summed E-state index contributed by atoms with van der Waals surface area (Å²) >= 11 is 0. The van der Waals surface area contributed by atoms with Crippen LogP contribution in [0.4, 0.5) is 0 Å². The van der Waals surface area contributed by atoms with Crippen molar-refractivity contribution in [3.05, 3.63) is 90.2 Å². The minimum Gasteiger partial charge on any atom is -0.316 e. The zero-order valence-corrected chi connectivity index (χ0v) is 13.3. The summed E-state index contributed by atoms with van der Waals surface area (Å²) in [6.45, 7) is 0. The minimum atomic E-state index is -0.591. The van der Waals surface area contributed by atoms with Crippen LogP contribution in [0.25, 0.3) is 0 Å². The van der Waals surface area contributed by atoms with Gasteiger partial charge in [0, 0.05) is 12.3 Å². The number of quaternary nitrogens is 1. The molecular weight excluding hydrogens is 318 g/mol. The van der Waals surface area contributed by atoms with Crippen molar-refractivity contribution in [1.82, 2.24) is 10.3 Å². The standard InChI is InChI=1S/C19H15N3O3/c23-14-22(18(24)12-15-6-2-1-3-7-15)11-9-16(13-22)21-19(25)17-8-4-5-10-20-17/h1-11,13-14H,12H2/p+1. The predicted molar refractivity (Wildman–Crippen MR) is 90.4 cm³/mol. The molecule has 0 spiro atoms. The van der Waals surface area contributed by atoms with E-state index in [1.165, 1.54) is 24.7 Å². The second kappa shape index (κ2) is 7.02. The van der Waals surface area contributed by atoms with Gasteiger partial charge < -0.3 is 5.32 Å². The monoisotopic (exact) mass is 334 g/mol. The molecule has 1 aromatic heterocycles. The highest BCUT2D eigenvalue weighted by Gasteiger charge is 2.37. The van der Waals surface area contributed by atoms with Crippen molar-refractivity contribution in [2.45, 2.75) is 6.42 Å². The van der Waals surface area contributed by atoms with Crippen LogP contribution in [0.3, 0.4) is 0 Å². The summed E-state index contributed by atoms with van der Waals surface area (Å²) in [5, 5.41) is 2.65. The second-order valence-electron chi connectivity index (χ2n) is 5.57. The van der Waals surface area contributed by atoms with Crippen molar-refractivity contribution in [2.75, 3.05) is 0 Å². The Morgan fingerprint density at radius 3 is 2.52 bits per heavy atom. The van der Waals surface area contributed by atoms with E-state index in [0.717, 1.165) is 5.56 Å². The molecule has 1 aromatic carbocycles. The van der Waals surface area contributed by atoms with Crippen LogP contribution < -0.4 is 5.32 Å². The Kier molecular flexibility index (Phi) is 4.63. The van der Waals surface area contributed by atoms with Gasteiger partial charge in [-0.15, -0.1) is 4.48 Å². The molecule has 1 unspecified atom stereocenters. The molecule has 25 heavy (non-hydrogen) atoms. The van der Waals surface area contributed by atoms with Gasteiger partial charge in [0.1, 0.15) is 23.8 Å². The fourth-order valence-electron chi connectivity index (χ4n) is 2.47. The van der Waals surface area contributed by atoms with Crippen LogP contribution in [-0.4, -0.2) is 27.7 Å². The predicted octanol–water partition coefficient (Wildman–Crippen LogP) is 1.92. The van der Waals surface area contributed by atoms with Gasteiger partial charge in [-0.05, 0) is 17.7 Å². The van der Waals surface area contributed by atoms with Gasteiger partial charge in [0.25, 0.3) is 5.91 Å². The molecule has 0 bridgehead atoms. The van der Waals surface area contributed by atoms with Crippen molar-refractivity contribution in [3.63, 3.8) is 0 Å². The summed E-state index contributed by atoms with van der Waals surface area (Å²) in [5.41, 5.74) is 1.45. The molecule has 2 heterocycles. The van der Waals surface area contributed by atoms with Crippen LogP contribution in [-0.2, 0) is 16.0 Å². The van der Waals surface area contributed by atoms with Gasteiger partial charge in [-0.25, -0.2) is 9.59 Å². The SMILES string of the molecule is O=C[N+]1(C(=O)Cc2ccccc2)C=CC(NC(=O)c2ccccn2)=C1. The average Bonchev–Trinajstić information content (AvgIpc) is 3.08. The van der Waals surface area contributed by atoms with Gasteiger partial charge in [0.15, 0.2) is 0 Å². The number of pyridine rings is 1. The van der Waals surface area contributed by atoms with Crippen LogP contribution >= 0.6 is 0 Å². The maximum Gasteiger partial charge on any atom is 0.334 e. The van der Waals surface area contributed by atoms with Crippen molar-refractivity contribution in [2.24, 2.45) is 0 Å². The van der Waals surface area contributed by atoms with E-state index in [9.17, 15) is 14.4 Å². The number of imide groups is 1. The van der Waals surface area contributed by atoms with E-state index >= 15 is 0 Å². The molecule has 6 nitrogen and oxygen atoms in total. The quantitative estimate of drug-likeness (QED) is 0.669. The van der Waals surface area contributed by atoms with Crippen molar-refractivity contribution in [1.29, 1.82) is 0 Å². The number of nitrogens with zero attached hydrogens (tertiary/aromatic N) is 2. The zero-order chi connectivity index (χ0) is 17.7. The summed E-state index contributed by atoms with van der Waals surface area (Å²) in [5.74, 6) is -0.711. The lowest BCUT2D eigenvalue weighted by Crippen LogP contribution is -2.42. The molecule has 6 heteroatoms. The molecule has 124 valence electrons. The van der Waals surface area contributed by atoms with Crippen molar-refractivity contribution < 1.29 is 18.9 Å². The second-order valence-corrected chi connectivity index (χ2v) is 5.57. The number of nitrogens with one attached hydrogen (secondary N) is 1. The van der Waals surface area contributed by atoms with Gasteiger partial charge in [-0.3, -0.25) is 9.78 Å². The molecule has 0 fully saturated rings. The van der Waals surface area contributed by atoms with E-state index in [0.29, 0.717) is 12.1 Å². The number of rotatable bonds is 5. The van der Waals surface area contributed by atoms with E-state index in [2.05, 4.69) is 10.3 Å². The Morgan fingerprint density at radius 2 is 1.84 bits per heavy atom. The molecule has 2 aromatic rings. The van der Waals surface area contributed by atoms with Crippen LogP contribution in [0.1, 0.15) is 16.1 Å². The molecule has 1 aliphatic rings. The molecule has 0 aliphatic carbocycles. The minimum absolute atomic E-state index is 0.113. The fourth-order valence-corrected chi connectivity index (χ4v) is 2.47. The third-order valence-corrected chi connectivity index (χ3v) is 3.81. The van der Waals surface area contributed by atoms with Gasteiger partial charge >= 0.3 is 12.3 Å². The Balaban J connectivity index is 1.75. The van der Waals surface area contributed by atoms with Gasteiger partial charge in [-0.1, -0.05) is 36.4 Å². The number of carbonyl (C=O) groups is 3. The number of amides is 3. The molecular formula is C19H16N3O3+. The molecule has 3 amide bonds. The molecule has 0 radical (unpaired) electrons. The van der Waals surface area contributed by atoms with Gasteiger partial charge in [0.2, 0.25) is 0 Å². The topological polar surface area (TPSA) is 76.1 Å². The number of carbonyl (C=O) groups excluding carboxylic acids is 3. The third-order valence-electron chi connectivity index (χ3n) is 3.81. The van der Waals surface area contributed by atoms with Crippen LogP contribution in [0, 0.1) is 0 Å². The van der Waals surface area contributed by atoms with Crippen LogP contribution in [0.2, 0.25) is 0 Å². The molecule has 1 atom stereocenters. The van der Waals surface area contributed by atoms with Crippen LogP contribution in [0.15, 0.2) is 78.9 Å². The van der Waals surface area contributed by atoms with Crippen molar-refractivity contribution in [3.8, 4) is 0 Å². The number of hydrogen-bond acceptors (Lipinski definition) is 4. The Labute approximate surface area is 144 Å². The summed E-state index contributed by atoms with van der Waals surface area (Å²) in [4.78, 5) is 40.3. The van der Waals surface area contributed by atoms with Gasteiger partial charge in [-0.2, -0.15) is 0 Å². The molecule has 0 saturated carbocycles. The number of benzene rings is 1. The summed E-state index contributed by atoms with van der Waals surface area (Å²) in [7, 11) is 0. The summed E-state index contributed by atoms with van der Waals surface area (Å²) in [6.07, 6.45) is 6.58. The maximum atomic E-state index is 12.6. The number of aromatic nitrogens is 1. The highest BCUT2D eigenvalue weighted by Crippen LogP contribution is 2.20. The van der Waals surface area contributed by atoms with Crippen molar-refractivity contribution >= 4 is 18.2 Å². The summed E-state index contributed by atoms with van der Waals surface area (Å²) in [6, 6.07) is 14.2. The smallest absolute Gasteiger partial charge is 0.316 e. The first-order valence-electron chi connectivity index (χ1n) is 7.69. The van der Waals surface area contributed by atoms with E-state index < -0.39 is 10.4 Å². The molecule has 1 aliphatic heterocycles. The maximum absolute atomic E-state index is 12.6. The van der Waals surface area contributed by atoms with E-state index in [4.69, 9.17) is 0 Å². The van der Waals surface area contributed by atoms with Gasteiger partial charge in [0.05, 0.1) is 6.42 Å². The number of hydrogen-bond donors (Lipinski definition) is 1. The lowest BCUT2D eigenvalue weighted by Gasteiger charge is -2.17. The normalized spacial score (nSPS) is 18.5. The highest BCUT2D eigenvalue weighted by atomic mass is 16.2. The van der Waals surface area contributed by atoms with Crippen LogP contribution in [0.5, 0.6) is 0 Å². The molecule has 3 rings (SSSR count). The highest BCUT2D eigenvalue weighted by molar-refractivity contribution is 5.93. The number of allylic oxidation sites excluding steroid dienone is 1. The largest absolute Gasteiger partial charge is 0.334 e. The lowest BCUT2D eigenvalue weighted by atomic mass is 10.1. The Bertz CT molecular complexity index is 860. The van der Waals surface area contributed by atoms with E-state index in [1.54, 1.807) is 18.2 Å².